The Hall–Kier alpha value is -5.33. The third-order valence-electron chi connectivity index (χ3n) is 6.24. The summed E-state index contributed by atoms with van der Waals surface area (Å²) in [6.07, 6.45) is 5.84. The van der Waals surface area contributed by atoms with Gasteiger partial charge < -0.3 is 24.5 Å². The van der Waals surface area contributed by atoms with Gasteiger partial charge in [0.2, 0.25) is 17.8 Å². The Balaban J connectivity index is 1.33. The summed E-state index contributed by atoms with van der Waals surface area (Å²) < 4.78 is 5.80. The molecule has 2 N–H and O–H groups in total. The van der Waals surface area contributed by atoms with Gasteiger partial charge in [-0.05, 0) is 42.7 Å². The minimum atomic E-state index is -1.24. The van der Waals surface area contributed by atoms with Crippen LogP contribution < -0.4 is 20.7 Å². The van der Waals surface area contributed by atoms with E-state index < -0.39 is 10.9 Å². The van der Waals surface area contributed by atoms with Crippen molar-refractivity contribution in [3.05, 3.63) is 82.1 Å². The predicted octanol–water partition coefficient (Wildman–Crippen LogP) is 3.97. The third-order valence-corrected chi connectivity index (χ3v) is 6.24. The van der Waals surface area contributed by atoms with Crippen LogP contribution in [0.25, 0.3) is 11.3 Å². The number of nitro benzene ring substituents is 1. The van der Waals surface area contributed by atoms with Crippen LogP contribution in [-0.4, -0.2) is 45.1 Å². The highest BCUT2D eigenvalue weighted by Gasteiger charge is 2.16. The molecule has 0 radical (unpaired) electrons. The van der Waals surface area contributed by atoms with Gasteiger partial charge >= 0.3 is 0 Å². The van der Waals surface area contributed by atoms with E-state index in [0.717, 1.165) is 38.8 Å². The van der Waals surface area contributed by atoms with Crippen molar-refractivity contribution in [2.75, 3.05) is 28.7 Å². The van der Waals surface area contributed by atoms with Crippen LogP contribution in [0.2, 0.25) is 0 Å². The first-order valence-corrected chi connectivity index (χ1v) is 12.7. The van der Waals surface area contributed by atoms with Crippen LogP contribution >= 0.6 is 0 Å². The van der Waals surface area contributed by atoms with E-state index in [1.54, 1.807) is 36.4 Å². The average molecular weight is 542 g/mol. The highest BCUT2D eigenvalue weighted by Crippen LogP contribution is 2.24. The van der Waals surface area contributed by atoms with Crippen molar-refractivity contribution in [1.82, 2.24) is 15.0 Å². The van der Waals surface area contributed by atoms with Crippen molar-refractivity contribution in [3.63, 3.8) is 0 Å². The molecule has 5 rings (SSSR count). The lowest BCUT2D eigenvalue weighted by atomic mass is 10.1. The number of hydrogen-bond donors (Lipinski definition) is 2. The Morgan fingerprint density at radius 1 is 0.925 bits per heavy atom. The summed E-state index contributed by atoms with van der Waals surface area (Å²) in [6.45, 7) is 1.64. The highest BCUT2D eigenvalue weighted by atomic mass is 16.6. The van der Waals surface area contributed by atoms with Crippen LogP contribution in [0.4, 0.5) is 29.2 Å². The van der Waals surface area contributed by atoms with Gasteiger partial charge in [-0.1, -0.05) is 37.1 Å². The first-order valence-electron chi connectivity index (χ1n) is 12.7. The summed E-state index contributed by atoms with van der Waals surface area (Å²) in [5.74, 6) is 0.732. The second kappa shape index (κ2) is 12.0. The molecule has 1 fully saturated rings. The third kappa shape index (κ3) is 6.56. The molecule has 1 aliphatic heterocycles. The van der Waals surface area contributed by atoms with Gasteiger partial charge in [0.25, 0.3) is 5.69 Å². The van der Waals surface area contributed by atoms with Gasteiger partial charge in [0, 0.05) is 36.5 Å². The van der Waals surface area contributed by atoms with E-state index >= 15 is 0 Å². The van der Waals surface area contributed by atoms with Crippen LogP contribution in [0.1, 0.15) is 41.8 Å². The van der Waals surface area contributed by atoms with Gasteiger partial charge in [-0.15, -0.1) is 0 Å². The minimum absolute atomic E-state index is 0.0150. The number of carboxylic acid groups (broad SMARTS) is 1. The molecule has 0 bridgehead atoms. The quantitative estimate of drug-likeness (QED) is 0.178. The van der Waals surface area contributed by atoms with Crippen molar-refractivity contribution < 1.29 is 19.2 Å². The topological polar surface area (TPSA) is 175 Å². The summed E-state index contributed by atoms with van der Waals surface area (Å²) in [4.78, 5) is 37.1. The molecule has 204 valence electrons. The Morgan fingerprint density at radius 2 is 1.62 bits per heavy atom. The van der Waals surface area contributed by atoms with E-state index in [9.17, 15) is 20.0 Å². The summed E-state index contributed by atoms with van der Waals surface area (Å²) >= 11 is 0. The number of aromatic nitrogens is 3. The van der Waals surface area contributed by atoms with Crippen molar-refractivity contribution in [1.29, 1.82) is 0 Å². The predicted molar refractivity (Wildman–Crippen MR) is 147 cm³/mol. The number of aromatic carboxylic acids is 1. The largest absolute Gasteiger partial charge is 0.545 e. The molecule has 0 atom stereocenters. The number of hydrogen-bond acceptors (Lipinski definition) is 12. The fourth-order valence-corrected chi connectivity index (χ4v) is 4.18. The summed E-state index contributed by atoms with van der Waals surface area (Å²) in [5, 5.41) is 29.2. The first-order chi connectivity index (χ1) is 19.4. The van der Waals surface area contributed by atoms with Crippen molar-refractivity contribution >= 4 is 41.4 Å². The zero-order valence-corrected chi connectivity index (χ0v) is 21.3. The molecule has 2 aromatic heterocycles. The molecule has 0 unspecified atom stereocenters. The van der Waals surface area contributed by atoms with Crippen LogP contribution in [0.15, 0.2) is 70.2 Å². The summed E-state index contributed by atoms with van der Waals surface area (Å²) in [5.41, 5.74) is 4.19. The number of carbonyl (C=O) groups excluding carboxylic acids is 1. The lowest BCUT2D eigenvalue weighted by Crippen LogP contribution is -2.26. The summed E-state index contributed by atoms with van der Waals surface area (Å²) in [6, 6.07) is 15.6. The Kier molecular flexibility index (Phi) is 7.90. The minimum Gasteiger partial charge on any atom is -0.545 e. The molecule has 2 aromatic carbocycles. The molecule has 0 spiro atoms. The van der Waals surface area contributed by atoms with Crippen molar-refractivity contribution in [2.45, 2.75) is 25.7 Å². The molecule has 1 saturated heterocycles. The number of non-ortho nitro benzene ring substituents is 1. The number of furan rings is 1. The molecular weight excluding hydrogens is 516 g/mol. The number of rotatable bonds is 9. The van der Waals surface area contributed by atoms with E-state index in [-0.39, 0.29) is 23.1 Å². The van der Waals surface area contributed by atoms with Gasteiger partial charge in [0.1, 0.15) is 11.5 Å². The standard InChI is InChI=1S/C27H26N8O5/c36-24(37)19-7-5-18(6-8-19)23-14-13-22(40-23)17-28-33-26-30-25(29-20-9-11-21(12-10-20)35(38)39)31-27(32-26)34-15-3-1-2-4-16-34/h5-14,17H,1-4,15-16H2,(H,36,37)(H2,29,30,31,32,33)/p-1/b28-17-. The zero-order chi connectivity index (χ0) is 27.9. The maximum atomic E-state index is 11.0. The molecule has 13 nitrogen and oxygen atoms in total. The second-order valence-electron chi connectivity index (χ2n) is 9.05. The van der Waals surface area contributed by atoms with Gasteiger partial charge in [-0.2, -0.15) is 20.1 Å². The number of hydrazone groups is 1. The fraction of sp³-hybridized carbons (Fsp3) is 0.222. The maximum Gasteiger partial charge on any atom is 0.269 e. The van der Waals surface area contributed by atoms with Crippen LogP contribution in [0, 0.1) is 10.1 Å². The average Bonchev–Trinajstić information content (AvgIpc) is 3.25. The number of nitrogens with one attached hydrogen (secondary N) is 2. The Bertz CT molecular complexity index is 1510. The number of carboxylic acids is 1. The van der Waals surface area contributed by atoms with Crippen molar-refractivity contribution in [2.24, 2.45) is 5.10 Å². The van der Waals surface area contributed by atoms with E-state index in [1.807, 2.05) is 0 Å². The number of nitrogens with zero attached hydrogens (tertiary/aromatic N) is 6. The fourth-order valence-electron chi connectivity index (χ4n) is 4.18. The lowest BCUT2D eigenvalue weighted by Gasteiger charge is -2.21. The van der Waals surface area contributed by atoms with E-state index in [1.165, 1.54) is 30.5 Å². The first kappa shape index (κ1) is 26.3. The van der Waals surface area contributed by atoms with Gasteiger partial charge in [0.15, 0.2) is 0 Å². The molecule has 13 heteroatoms. The zero-order valence-electron chi connectivity index (χ0n) is 21.3. The Labute approximate surface area is 228 Å². The highest BCUT2D eigenvalue weighted by molar-refractivity contribution is 5.86. The molecular formula is C27H25N8O5-. The smallest absolute Gasteiger partial charge is 0.269 e. The lowest BCUT2D eigenvalue weighted by molar-refractivity contribution is -0.384. The van der Waals surface area contributed by atoms with E-state index in [2.05, 4.69) is 35.7 Å². The molecule has 1 aliphatic rings. The SMILES string of the molecule is O=C([O-])c1ccc(-c2ccc(/C=N\Nc3nc(Nc4ccc([N+](=O)[O-])cc4)nc(N4CCCCCC4)n3)o2)cc1. The van der Waals surface area contributed by atoms with Crippen molar-refractivity contribution in [3.8, 4) is 11.3 Å². The molecule has 3 heterocycles. The van der Waals surface area contributed by atoms with Gasteiger partial charge in [-0.3, -0.25) is 10.1 Å². The summed E-state index contributed by atoms with van der Waals surface area (Å²) in [7, 11) is 0. The molecule has 4 aromatic rings. The Morgan fingerprint density at radius 3 is 2.30 bits per heavy atom. The van der Waals surface area contributed by atoms with Crippen LogP contribution in [0.3, 0.4) is 0 Å². The van der Waals surface area contributed by atoms with Gasteiger partial charge in [0.05, 0.1) is 17.1 Å². The molecule has 0 aliphatic carbocycles. The van der Waals surface area contributed by atoms with E-state index in [4.69, 9.17) is 4.42 Å². The molecule has 0 saturated carbocycles. The van der Waals surface area contributed by atoms with Crippen LogP contribution in [-0.2, 0) is 0 Å². The monoisotopic (exact) mass is 541 g/mol. The number of carbonyl (C=O) groups is 1. The van der Waals surface area contributed by atoms with Gasteiger partial charge in [-0.25, -0.2) is 5.43 Å². The maximum absolute atomic E-state index is 11.0. The number of benzene rings is 2. The molecule has 0 amide bonds. The van der Waals surface area contributed by atoms with E-state index in [0.29, 0.717) is 28.7 Å². The van der Waals surface area contributed by atoms with Crippen LogP contribution in [0.5, 0.6) is 0 Å². The molecule has 40 heavy (non-hydrogen) atoms. The normalized spacial score (nSPS) is 13.7. The second-order valence-corrected chi connectivity index (χ2v) is 9.05. The number of anilines is 4. The number of nitro groups is 1.